The Morgan fingerprint density at radius 2 is 1.90 bits per heavy atom. The first kappa shape index (κ1) is 19.6. The van der Waals surface area contributed by atoms with Gasteiger partial charge in [-0.05, 0) is 30.3 Å². The molecule has 0 unspecified atom stereocenters. The predicted molar refractivity (Wildman–Crippen MR) is 117 cm³/mol. The molecule has 0 bridgehead atoms. The number of β-amino-alcohol motifs (C(OH)–C–C–N with tert-alkyl or cyclic N) is 1. The molecule has 31 heavy (non-hydrogen) atoms. The van der Waals surface area contributed by atoms with Gasteiger partial charge in [0.25, 0.3) is 11.6 Å². The number of benzene rings is 1. The maximum absolute atomic E-state index is 13.5. The lowest BCUT2D eigenvalue weighted by atomic mass is 10.1. The van der Waals surface area contributed by atoms with Crippen molar-refractivity contribution in [3.63, 3.8) is 0 Å². The molecule has 9 heteroatoms. The zero-order chi connectivity index (χ0) is 21.5. The second-order valence-electron chi connectivity index (χ2n) is 7.38. The number of hydrogen-bond donors (Lipinski definition) is 3. The number of rotatable bonds is 3. The third kappa shape index (κ3) is 3.44. The summed E-state index contributed by atoms with van der Waals surface area (Å²) in [6, 6.07) is 11.3. The molecule has 0 radical (unpaired) electrons. The Bertz CT molecular complexity index is 1330. The van der Waals surface area contributed by atoms with Crippen LogP contribution in [0.1, 0.15) is 6.04 Å². The SMILES string of the molecule is O=c1c2cc(-c3ccc(Cl)cc3)nc(-c3cccnc3)c2nc(O)n1[C@@H]1CNC[C@H]1O. The van der Waals surface area contributed by atoms with Gasteiger partial charge in [0.05, 0.1) is 28.9 Å². The standard InChI is InChI=1S/C22H18ClN5O3/c23-14-5-3-12(4-6-14)16-8-15-20(19(26-16)13-2-1-7-24-9-13)27-22(31)28(21(15)30)17-10-25-11-18(17)29/h1-9,17-18,25,29H,10-11H2,(H,27,31)/t17-,18-/m1/s1. The number of nitrogens with zero attached hydrogens (tertiary/aromatic N) is 4. The largest absolute Gasteiger partial charge is 0.480 e. The summed E-state index contributed by atoms with van der Waals surface area (Å²) in [6.07, 6.45) is 2.46. The van der Waals surface area contributed by atoms with Gasteiger partial charge in [-0.3, -0.25) is 14.3 Å². The monoisotopic (exact) mass is 435 g/mol. The van der Waals surface area contributed by atoms with E-state index in [1.807, 2.05) is 18.2 Å². The van der Waals surface area contributed by atoms with Crippen LogP contribution in [0.25, 0.3) is 33.4 Å². The Kier molecular flexibility index (Phi) is 4.90. The van der Waals surface area contributed by atoms with Crippen LogP contribution in [-0.4, -0.2) is 48.9 Å². The molecule has 0 saturated carbocycles. The van der Waals surface area contributed by atoms with Crippen LogP contribution >= 0.6 is 11.6 Å². The Morgan fingerprint density at radius 3 is 2.58 bits per heavy atom. The van der Waals surface area contributed by atoms with Crippen LogP contribution in [0.2, 0.25) is 5.02 Å². The number of halogens is 1. The van der Waals surface area contributed by atoms with Gasteiger partial charge in [-0.1, -0.05) is 23.7 Å². The number of aliphatic hydroxyl groups is 1. The minimum Gasteiger partial charge on any atom is -0.480 e. The number of hydrogen-bond acceptors (Lipinski definition) is 7. The normalized spacial score (nSPS) is 18.5. The third-order valence-corrected chi connectivity index (χ3v) is 5.68. The molecule has 1 aliphatic rings. The van der Waals surface area contributed by atoms with Crippen LogP contribution in [0, 0.1) is 0 Å². The fourth-order valence-electron chi connectivity index (χ4n) is 3.88. The molecule has 2 atom stereocenters. The average Bonchev–Trinajstić information content (AvgIpc) is 3.20. The van der Waals surface area contributed by atoms with Gasteiger partial charge < -0.3 is 15.5 Å². The lowest BCUT2D eigenvalue weighted by Crippen LogP contribution is -2.32. The van der Waals surface area contributed by atoms with Crippen LogP contribution in [0.4, 0.5) is 0 Å². The van der Waals surface area contributed by atoms with Gasteiger partial charge in [0.1, 0.15) is 5.52 Å². The van der Waals surface area contributed by atoms with Crippen molar-refractivity contribution in [1.82, 2.24) is 24.8 Å². The number of aliphatic hydroxyl groups excluding tert-OH is 1. The van der Waals surface area contributed by atoms with Crippen LogP contribution in [0.15, 0.2) is 59.7 Å². The summed E-state index contributed by atoms with van der Waals surface area (Å²) in [5.74, 6) is 0. The van der Waals surface area contributed by atoms with E-state index in [9.17, 15) is 15.0 Å². The van der Waals surface area contributed by atoms with E-state index in [1.54, 1.807) is 36.7 Å². The van der Waals surface area contributed by atoms with Crippen molar-refractivity contribution in [2.45, 2.75) is 12.1 Å². The molecular formula is C22H18ClN5O3. The zero-order valence-electron chi connectivity index (χ0n) is 16.2. The summed E-state index contributed by atoms with van der Waals surface area (Å²) in [5, 5.41) is 24.8. The summed E-state index contributed by atoms with van der Waals surface area (Å²) in [7, 11) is 0. The van der Waals surface area contributed by atoms with E-state index in [0.29, 0.717) is 35.1 Å². The summed E-state index contributed by atoms with van der Waals surface area (Å²) < 4.78 is 1.14. The minimum absolute atomic E-state index is 0.268. The second kappa shape index (κ2) is 7.73. The summed E-state index contributed by atoms with van der Waals surface area (Å²) >= 11 is 6.02. The highest BCUT2D eigenvalue weighted by atomic mass is 35.5. The Hall–Kier alpha value is -3.33. The van der Waals surface area contributed by atoms with Crippen LogP contribution in [0.3, 0.4) is 0 Å². The Morgan fingerprint density at radius 1 is 1.10 bits per heavy atom. The number of aromatic hydroxyl groups is 1. The Labute approximate surface area is 181 Å². The first-order valence-electron chi connectivity index (χ1n) is 9.74. The van der Waals surface area contributed by atoms with Crippen molar-refractivity contribution < 1.29 is 10.2 Å². The lowest BCUT2D eigenvalue weighted by Gasteiger charge is -2.19. The quantitative estimate of drug-likeness (QED) is 0.452. The summed E-state index contributed by atoms with van der Waals surface area (Å²) in [6.45, 7) is 0.689. The van der Waals surface area contributed by atoms with Gasteiger partial charge >= 0.3 is 0 Å². The van der Waals surface area contributed by atoms with E-state index < -0.39 is 23.7 Å². The average molecular weight is 436 g/mol. The van der Waals surface area contributed by atoms with Crippen molar-refractivity contribution >= 4 is 22.5 Å². The molecule has 5 rings (SSSR count). The van der Waals surface area contributed by atoms with E-state index in [2.05, 4.69) is 15.3 Å². The molecule has 1 fully saturated rings. The van der Waals surface area contributed by atoms with Crippen LogP contribution < -0.4 is 10.9 Å². The van der Waals surface area contributed by atoms with E-state index in [-0.39, 0.29) is 10.9 Å². The van der Waals surface area contributed by atoms with E-state index >= 15 is 0 Å². The second-order valence-corrected chi connectivity index (χ2v) is 7.82. The summed E-state index contributed by atoms with van der Waals surface area (Å²) in [4.78, 5) is 26.6. The topological polar surface area (TPSA) is 113 Å². The lowest BCUT2D eigenvalue weighted by molar-refractivity contribution is 0.143. The number of nitrogens with one attached hydrogen (secondary N) is 1. The van der Waals surface area contributed by atoms with Crippen LogP contribution in [-0.2, 0) is 0 Å². The molecule has 4 heterocycles. The third-order valence-electron chi connectivity index (χ3n) is 5.43. The molecule has 0 aliphatic carbocycles. The smallest absolute Gasteiger partial charge is 0.297 e. The molecule has 3 aromatic heterocycles. The molecule has 4 aromatic rings. The van der Waals surface area contributed by atoms with Crippen molar-refractivity contribution in [2.75, 3.05) is 13.1 Å². The van der Waals surface area contributed by atoms with Gasteiger partial charge in [0, 0.05) is 41.6 Å². The number of fused-ring (bicyclic) bond motifs is 1. The molecule has 0 spiro atoms. The minimum atomic E-state index is -0.807. The van der Waals surface area contributed by atoms with Crippen molar-refractivity contribution in [3.05, 3.63) is 70.2 Å². The molecular weight excluding hydrogens is 418 g/mol. The van der Waals surface area contributed by atoms with Gasteiger partial charge in [0.15, 0.2) is 0 Å². The first-order chi connectivity index (χ1) is 15.0. The van der Waals surface area contributed by atoms with Gasteiger partial charge in [-0.25, -0.2) is 4.98 Å². The first-order valence-corrected chi connectivity index (χ1v) is 10.1. The Balaban J connectivity index is 1.82. The highest BCUT2D eigenvalue weighted by Gasteiger charge is 2.31. The van der Waals surface area contributed by atoms with Gasteiger partial charge in [0.2, 0.25) is 0 Å². The molecule has 1 saturated heterocycles. The molecule has 1 aromatic carbocycles. The number of pyridine rings is 2. The molecule has 3 N–H and O–H groups in total. The number of aromatic nitrogens is 4. The summed E-state index contributed by atoms with van der Waals surface area (Å²) in [5.41, 5.74) is 2.25. The van der Waals surface area contributed by atoms with Gasteiger partial charge in [-0.2, -0.15) is 4.98 Å². The highest BCUT2D eigenvalue weighted by Crippen LogP contribution is 2.31. The van der Waals surface area contributed by atoms with E-state index in [4.69, 9.17) is 16.6 Å². The van der Waals surface area contributed by atoms with E-state index in [0.717, 1.165) is 10.1 Å². The maximum Gasteiger partial charge on any atom is 0.297 e. The fraction of sp³-hybridized carbons (Fsp3) is 0.182. The molecule has 156 valence electrons. The molecule has 0 amide bonds. The van der Waals surface area contributed by atoms with Crippen molar-refractivity contribution in [3.8, 4) is 28.5 Å². The zero-order valence-corrected chi connectivity index (χ0v) is 17.0. The molecule has 1 aliphatic heterocycles. The molecule has 8 nitrogen and oxygen atoms in total. The predicted octanol–water partition coefficient (Wildman–Crippen LogP) is 2.38. The van der Waals surface area contributed by atoms with Gasteiger partial charge in [-0.15, -0.1) is 0 Å². The van der Waals surface area contributed by atoms with Crippen molar-refractivity contribution in [2.24, 2.45) is 0 Å². The highest BCUT2D eigenvalue weighted by molar-refractivity contribution is 6.30. The van der Waals surface area contributed by atoms with Crippen molar-refractivity contribution in [1.29, 1.82) is 0 Å². The van der Waals surface area contributed by atoms with E-state index in [1.165, 1.54) is 0 Å². The fourth-order valence-corrected chi connectivity index (χ4v) is 4.00. The maximum atomic E-state index is 13.5. The van der Waals surface area contributed by atoms with Crippen LogP contribution in [0.5, 0.6) is 6.01 Å².